The Kier molecular flexibility index (Phi) is 4.45. The van der Waals surface area contributed by atoms with E-state index in [4.69, 9.17) is 0 Å². The third kappa shape index (κ3) is 3.48. The SMILES string of the molecule is CC(=O)N1c2ccccc2C(Nc2cccc(C(F)(F)F)c2)CC1C. The van der Waals surface area contributed by atoms with Gasteiger partial charge in [-0.25, -0.2) is 0 Å². The van der Waals surface area contributed by atoms with E-state index in [9.17, 15) is 18.0 Å². The number of carbonyl (C=O) groups is 1. The first-order valence-electron chi connectivity index (χ1n) is 8.10. The monoisotopic (exact) mass is 348 g/mol. The summed E-state index contributed by atoms with van der Waals surface area (Å²) in [5, 5.41) is 3.20. The predicted molar refractivity (Wildman–Crippen MR) is 91.5 cm³/mol. The zero-order chi connectivity index (χ0) is 18.2. The molecule has 2 aromatic rings. The lowest BCUT2D eigenvalue weighted by atomic mass is 9.91. The smallest absolute Gasteiger partial charge is 0.378 e. The molecular formula is C19H19F3N2O. The highest BCUT2D eigenvalue weighted by atomic mass is 19.4. The van der Waals surface area contributed by atoms with Gasteiger partial charge in [0.25, 0.3) is 0 Å². The van der Waals surface area contributed by atoms with Gasteiger partial charge in [0.1, 0.15) is 0 Å². The van der Waals surface area contributed by atoms with E-state index in [2.05, 4.69) is 5.32 Å². The van der Waals surface area contributed by atoms with Crippen molar-refractivity contribution in [3.05, 3.63) is 59.7 Å². The molecule has 3 nitrogen and oxygen atoms in total. The van der Waals surface area contributed by atoms with Crippen molar-refractivity contribution in [1.82, 2.24) is 0 Å². The van der Waals surface area contributed by atoms with Crippen LogP contribution in [0, 0.1) is 0 Å². The number of halogens is 3. The fourth-order valence-corrected chi connectivity index (χ4v) is 3.42. The van der Waals surface area contributed by atoms with Crippen LogP contribution in [0.2, 0.25) is 0 Å². The van der Waals surface area contributed by atoms with Crippen LogP contribution in [0.1, 0.15) is 37.4 Å². The second kappa shape index (κ2) is 6.43. The first-order chi connectivity index (χ1) is 11.8. The maximum absolute atomic E-state index is 12.9. The van der Waals surface area contributed by atoms with Crippen LogP contribution in [0.3, 0.4) is 0 Å². The van der Waals surface area contributed by atoms with Gasteiger partial charge in [0.05, 0.1) is 11.6 Å². The number of para-hydroxylation sites is 1. The number of amides is 1. The van der Waals surface area contributed by atoms with Crippen LogP contribution >= 0.6 is 0 Å². The summed E-state index contributed by atoms with van der Waals surface area (Å²) in [5.41, 5.74) is 1.45. The summed E-state index contributed by atoms with van der Waals surface area (Å²) >= 11 is 0. The van der Waals surface area contributed by atoms with Crippen molar-refractivity contribution in [2.24, 2.45) is 0 Å². The largest absolute Gasteiger partial charge is 0.416 e. The average molecular weight is 348 g/mol. The Morgan fingerprint density at radius 2 is 1.88 bits per heavy atom. The lowest BCUT2D eigenvalue weighted by Crippen LogP contribution is -2.43. The van der Waals surface area contributed by atoms with E-state index in [1.165, 1.54) is 13.0 Å². The highest BCUT2D eigenvalue weighted by Gasteiger charge is 2.33. The van der Waals surface area contributed by atoms with Crippen molar-refractivity contribution in [3.63, 3.8) is 0 Å². The Morgan fingerprint density at radius 3 is 2.56 bits per heavy atom. The van der Waals surface area contributed by atoms with Gasteiger partial charge in [-0.05, 0) is 43.2 Å². The van der Waals surface area contributed by atoms with Crippen molar-refractivity contribution >= 4 is 17.3 Å². The van der Waals surface area contributed by atoms with Crippen molar-refractivity contribution in [2.75, 3.05) is 10.2 Å². The minimum Gasteiger partial charge on any atom is -0.378 e. The van der Waals surface area contributed by atoms with E-state index in [0.717, 1.165) is 23.4 Å². The first kappa shape index (κ1) is 17.3. The molecule has 0 aliphatic carbocycles. The summed E-state index contributed by atoms with van der Waals surface area (Å²) in [4.78, 5) is 13.7. The maximum Gasteiger partial charge on any atom is 0.416 e. The van der Waals surface area contributed by atoms with E-state index < -0.39 is 11.7 Å². The summed E-state index contributed by atoms with van der Waals surface area (Å²) < 4.78 is 38.7. The molecule has 3 rings (SSSR count). The molecular weight excluding hydrogens is 329 g/mol. The number of hydrogen-bond acceptors (Lipinski definition) is 2. The second-order valence-corrected chi connectivity index (χ2v) is 6.31. The van der Waals surface area contributed by atoms with Gasteiger partial charge in [-0.1, -0.05) is 24.3 Å². The third-order valence-corrected chi connectivity index (χ3v) is 4.46. The van der Waals surface area contributed by atoms with Crippen LogP contribution in [0.4, 0.5) is 24.5 Å². The number of rotatable bonds is 2. The van der Waals surface area contributed by atoms with Crippen molar-refractivity contribution in [1.29, 1.82) is 0 Å². The maximum atomic E-state index is 12.9. The zero-order valence-corrected chi connectivity index (χ0v) is 14.0. The summed E-state index contributed by atoms with van der Waals surface area (Å²) in [5.74, 6) is -0.0440. The molecule has 2 unspecified atom stereocenters. The Labute approximate surface area is 144 Å². The zero-order valence-electron chi connectivity index (χ0n) is 14.0. The molecule has 0 saturated carbocycles. The lowest BCUT2D eigenvalue weighted by Gasteiger charge is -2.39. The van der Waals surface area contributed by atoms with Crippen LogP contribution in [0.5, 0.6) is 0 Å². The molecule has 132 valence electrons. The van der Waals surface area contributed by atoms with Crippen molar-refractivity contribution in [2.45, 2.75) is 38.5 Å². The number of alkyl halides is 3. The van der Waals surface area contributed by atoms with E-state index >= 15 is 0 Å². The topological polar surface area (TPSA) is 32.3 Å². The van der Waals surface area contributed by atoms with E-state index in [1.807, 2.05) is 31.2 Å². The average Bonchev–Trinajstić information content (AvgIpc) is 2.54. The Hall–Kier alpha value is -2.50. The van der Waals surface area contributed by atoms with Crippen LogP contribution in [-0.4, -0.2) is 11.9 Å². The Bertz CT molecular complexity index is 788. The van der Waals surface area contributed by atoms with E-state index in [-0.39, 0.29) is 18.0 Å². The molecule has 0 radical (unpaired) electrons. The first-order valence-corrected chi connectivity index (χ1v) is 8.10. The molecule has 1 N–H and O–H groups in total. The molecule has 0 bridgehead atoms. The van der Waals surface area contributed by atoms with Gasteiger partial charge < -0.3 is 10.2 Å². The molecule has 1 aliphatic heterocycles. The lowest BCUT2D eigenvalue weighted by molar-refractivity contribution is -0.137. The molecule has 2 aromatic carbocycles. The van der Waals surface area contributed by atoms with Gasteiger partial charge in [0.2, 0.25) is 5.91 Å². The highest BCUT2D eigenvalue weighted by Crippen LogP contribution is 2.39. The molecule has 0 saturated heterocycles. The van der Waals surface area contributed by atoms with E-state index in [0.29, 0.717) is 12.1 Å². The van der Waals surface area contributed by atoms with Crippen molar-refractivity contribution in [3.8, 4) is 0 Å². The third-order valence-electron chi connectivity index (χ3n) is 4.46. The van der Waals surface area contributed by atoms with Gasteiger partial charge in [0.15, 0.2) is 0 Å². The minimum absolute atomic E-state index is 0.0440. The molecule has 0 fully saturated rings. The summed E-state index contributed by atoms with van der Waals surface area (Å²) in [6, 6.07) is 12.5. The van der Waals surface area contributed by atoms with Crippen molar-refractivity contribution < 1.29 is 18.0 Å². The highest BCUT2D eigenvalue weighted by molar-refractivity contribution is 5.93. The molecule has 25 heavy (non-hydrogen) atoms. The molecule has 0 aromatic heterocycles. The second-order valence-electron chi connectivity index (χ2n) is 6.31. The van der Waals surface area contributed by atoms with Crippen LogP contribution in [-0.2, 0) is 11.0 Å². The number of nitrogens with one attached hydrogen (secondary N) is 1. The van der Waals surface area contributed by atoms with Gasteiger partial charge in [-0.2, -0.15) is 13.2 Å². The number of hydrogen-bond donors (Lipinski definition) is 1. The fourth-order valence-electron chi connectivity index (χ4n) is 3.42. The van der Waals surface area contributed by atoms with Gasteiger partial charge in [-0.15, -0.1) is 0 Å². The molecule has 1 aliphatic rings. The number of carbonyl (C=O) groups excluding carboxylic acids is 1. The number of anilines is 2. The van der Waals surface area contributed by atoms with Gasteiger partial charge in [0, 0.05) is 24.3 Å². The van der Waals surface area contributed by atoms with Gasteiger partial charge >= 0.3 is 6.18 Å². The summed E-state index contributed by atoms with van der Waals surface area (Å²) in [6.07, 6.45) is -3.76. The van der Waals surface area contributed by atoms with Crippen LogP contribution < -0.4 is 10.2 Å². The molecule has 2 atom stereocenters. The van der Waals surface area contributed by atoms with Gasteiger partial charge in [-0.3, -0.25) is 4.79 Å². The minimum atomic E-state index is -4.37. The Morgan fingerprint density at radius 1 is 1.16 bits per heavy atom. The molecule has 1 amide bonds. The predicted octanol–water partition coefficient (Wildman–Crippen LogP) is 5.00. The Balaban J connectivity index is 1.94. The summed E-state index contributed by atoms with van der Waals surface area (Å²) in [7, 11) is 0. The van der Waals surface area contributed by atoms with E-state index in [1.54, 1.807) is 11.0 Å². The fraction of sp³-hybridized carbons (Fsp3) is 0.316. The normalized spacial score (nSPS) is 20.1. The number of fused-ring (bicyclic) bond motifs is 1. The van der Waals surface area contributed by atoms with Crippen LogP contribution in [0.25, 0.3) is 0 Å². The van der Waals surface area contributed by atoms with Crippen LogP contribution in [0.15, 0.2) is 48.5 Å². The summed E-state index contributed by atoms with van der Waals surface area (Å²) in [6.45, 7) is 3.46. The quantitative estimate of drug-likeness (QED) is 0.828. The molecule has 1 heterocycles. The number of benzene rings is 2. The molecule has 6 heteroatoms. The molecule has 0 spiro atoms. The standard InChI is InChI=1S/C19H19F3N2O/c1-12-10-17(16-8-3-4-9-18(16)24(12)13(2)25)23-15-7-5-6-14(11-15)19(20,21)22/h3-9,11-12,17,23H,10H2,1-2H3. The number of nitrogens with zero attached hydrogens (tertiary/aromatic N) is 1.